The lowest BCUT2D eigenvalue weighted by atomic mass is 10.1. The lowest BCUT2D eigenvalue weighted by Gasteiger charge is -2.10. The number of nitrogens with two attached hydrogens (primary N) is 1. The van der Waals surface area contributed by atoms with Gasteiger partial charge >= 0.3 is 0 Å². The first kappa shape index (κ1) is 15.1. The minimum absolute atomic E-state index is 0.295. The van der Waals surface area contributed by atoms with Crippen molar-refractivity contribution in [2.24, 2.45) is 10.9 Å². The van der Waals surface area contributed by atoms with Gasteiger partial charge in [-0.1, -0.05) is 21.1 Å². The third-order valence-electron chi connectivity index (χ3n) is 3.31. The van der Waals surface area contributed by atoms with Crippen LogP contribution in [0.1, 0.15) is 30.4 Å². The molecule has 20 heavy (non-hydrogen) atoms. The second-order valence-corrected chi connectivity index (χ2v) is 5.79. The molecular formula is C14H20BrN3O2. The highest BCUT2D eigenvalue weighted by atomic mass is 79.9. The number of oxime groups is 1. The molecular weight excluding hydrogens is 322 g/mol. The van der Waals surface area contributed by atoms with Crippen molar-refractivity contribution in [2.45, 2.75) is 32.2 Å². The Morgan fingerprint density at radius 2 is 2.30 bits per heavy atom. The number of amidine groups is 1. The Bertz CT molecular complexity index is 492. The van der Waals surface area contributed by atoms with E-state index in [4.69, 9.17) is 15.7 Å². The Balaban J connectivity index is 1.75. The van der Waals surface area contributed by atoms with Crippen LogP contribution in [0.2, 0.25) is 0 Å². The van der Waals surface area contributed by atoms with Gasteiger partial charge in [-0.25, -0.2) is 0 Å². The first-order valence-electron chi connectivity index (χ1n) is 6.82. The normalized spacial score (nSPS) is 14.2. The molecule has 0 aliphatic carbocycles. The van der Waals surface area contributed by atoms with Crippen LogP contribution in [0.3, 0.4) is 0 Å². The molecule has 0 unspecified atom stereocenters. The number of rotatable bonds is 7. The molecule has 0 amide bonds. The van der Waals surface area contributed by atoms with Gasteiger partial charge in [-0.05, 0) is 37.1 Å². The second-order valence-electron chi connectivity index (χ2n) is 4.88. The lowest BCUT2D eigenvalue weighted by Crippen LogP contribution is -2.16. The van der Waals surface area contributed by atoms with Gasteiger partial charge in [-0.3, -0.25) is 0 Å². The fraction of sp³-hybridized carbons (Fsp3) is 0.500. The summed E-state index contributed by atoms with van der Waals surface area (Å²) in [5.41, 5.74) is 7.89. The molecule has 4 N–H and O–H groups in total. The summed E-state index contributed by atoms with van der Waals surface area (Å²) >= 11 is 3.54. The Morgan fingerprint density at radius 3 is 3.10 bits per heavy atom. The van der Waals surface area contributed by atoms with Crippen molar-refractivity contribution in [3.63, 3.8) is 0 Å². The summed E-state index contributed by atoms with van der Waals surface area (Å²) < 4.78 is 6.79. The van der Waals surface area contributed by atoms with Gasteiger partial charge in [0.1, 0.15) is 11.6 Å². The van der Waals surface area contributed by atoms with Gasteiger partial charge in [0.15, 0.2) is 0 Å². The zero-order chi connectivity index (χ0) is 14.4. The topological polar surface area (TPSA) is 79.9 Å². The van der Waals surface area contributed by atoms with E-state index < -0.39 is 0 Å². The molecule has 1 heterocycles. The standard InChI is InChI=1S/C14H20BrN3O2/c15-12-7-10-4-6-20-14(10)11(8-12)9-17-5-2-1-3-13(16)18-19/h7-8,17,19H,1-6,9H2,(H2,16,18). The molecule has 2 rings (SSSR count). The summed E-state index contributed by atoms with van der Waals surface area (Å²) in [5, 5.41) is 14.8. The smallest absolute Gasteiger partial charge is 0.139 e. The van der Waals surface area contributed by atoms with E-state index in [1.807, 2.05) is 0 Å². The number of hydrogen-bond acceptors (Lipinski definition) is 4. The molecule has 110 valence electrons. The van der Waals surface area contributed by atoms with Gasteiger partial charge in [0.25, 0.3) is 0 Å². The van der Waals surface area contributed by atoms with Crippen LogP contribution in [0, 0.1) is 0 Å². The van der Waals surface area contributed by atoms with Crippen molar-refractivity contribution in [3.8, 4) is 5.75 Å². The number of nitrogens with one attached hydrogen (secondary N) is 1. The van der Waals surface area contributed by atoms with Crippen LogP contribution in [0.4, 0.5) is 0 Å². The molecule has 0 saturated heterocycles. The highest BCUT2D eigenvalue weighted by Crippen LogP contribution is 2.32. The van der Waals surface area contributed by atoms with E-state index in [0.717, 1.165) is 49.2 Å². The molecule has 0 spiro atoms. The minimum atomic E-state index is 0.295. The number of fused-ring (bicyclic) bond motifs is 1. The van der Waals surface area contributed by atoms with E-state index in [0.29, 0.717) is 12.3 Å². The Hall–Kier alpha value is -1.27. The van der Waals surface area contributed by atoms with Crippen molar-refractivity contribution in [3.05, 3.63) is 27.7 Å². The van der Waals surface area contributed by atoms with E-state index in [2.05, 4.69) is 38.5 Å². The fourth-order valence-electron chi connectivity index (χ4n) is 2.31. The van der Waals surface area contributed by atoms with Crippen molar-refractivity contribution in [1.29, 1.82) is 0 Å². The van der Waals surface area contributed by atoms with Gasteiger partial charge in [-0.15, -0.1) is 0 Å². The monoisotopic (exact) mass is 341 g/mol. The molecule has 0 atom stereocenters. The molecule has 0 aromatic heterocycles. The number of benzene rings is 1. The van der Waals surface area contributed by atoms with E-state index in [1.165, 1.54) is 11.1 Å². The first-order valence-corrected chi connectivity index (χ1v) is 7.61. The van der Waals surface area contributed by atoms with Crippen LogP contribution in [-0.2, 0) is 13.0 Å². The average molecular weight is 342 g/mol. The highest BCUT2D eigenvalue weighted by Gasteiger charge is 2.16. The zero-order valence-electron chi connectivity index (χ0n) is 11.4. The van der Waals surface area contributed by atoms with Crippen LogP contribution >= 0.6 is 15.9 Å². The molecule has 6 heteroatoms. The molecule has 1 aromatic carbocycles. The maximum Gasteiger partial charge on any atom is 0.139 e. The highest BCUT2D eigenvalue weighted by molar-refractivity contribution is 9.10. The molecule has 0 saturated carbocycles. The molecule has 1 aliphatic heterocycles. The molecule has 0 bridgehead atoms. The molecule has 1 aliphatic rings. The maximum absolute atomic E-state index is 8.43. The molecule has 0 fully saturated rings. The Kier molecular flexibility index (Phi) is 5.67. The van der Waals surface area contributed by atoms with Crippen molar-refractivity contribution >= 4 is 21.8 Å². The van der Waals surface area contributed by atoms with Crippen molar-refractivity contribution in [2.75, 3.05) is 13.2 Å². The quantitative estimate of drug-likeness (QED) is 0.234. The second kappa shape index (κ2) is 7.50. The number of nitrogens with zero attached hydrogens (tertiary/aromatic N) is 1. The van der Waals surface area contributed by atoms with Gasteiger partial charge in [0, 0.05) is 29.4 Å². The number of unbranched alkanes of at least 4 members (excludes halogenated alkanes) is 1. The summed E-state index contributed by atoms with van der Waals surface area (Å²) in [6.45, 7) is 2.48. The summed E-state index contributed by atoms with van der Waals surface area (Å²) in [6, 6.07) is 4.23. The van der Waals surface area contributed by atoms with Gasteiger partial charge in [0.05, 0.1) is 6.61 Å². The van der Waals surface area contributed by atoms with Crippen molar-refractivity contribution in [1.82, 2.24) is 5.32 Å². The molecule has 5 nitrogen and oxygen atoms in total. The van der Waals surface area contributed by atoms with E-state index >= 15 is 0 Å². The van der Waals surface area contributed by atoms with Crippen LogP contribution < -0.4 is 15.8 Å². The predicted molar refractivity (Wildman–Crippen MR) is 82.3 cm³/mol. The molecule has 1 aromatic rings. The first-order chi connectivity index (χ1) is 9.70. The maximum atomic E-state index is 8.43. The van der Waals surface area contributed by atoms with Gasteiger partial charge in [-0.2, -0.15) is 0 Å². The van der Waals surface area contributed by atoms with E-state index in [9.17, 15) is 0 Å². The van der Waals surface area contributed by atoms with Gasteiger partial charge in [0.2, 0.25) is 0 Å². The summed E-state index contributed by atoms with van der Waals surface area (Å²) in [5.74, 6) is 1.33. The van der Waals surface area contributed by atoms with Crippen LogP contribution in [0.5, 0.6) is 5.75 Å². The van der Waals surface area contributed by atoms with E-state index in [1.54, 1.807) is 0 Å². The third-order valence-corrected chi connectivity index (χ3v) is 3.76. The Labute approximate surface area is 127 Å². The van der Waals surface area contributed by atoms with Gasteiger partial charge < -0.3 is 21.0 Å². The lowest BCUT2D eigenvalue weighted by molar-refractivity contribution is 0.316. The zero-order valence-corrected chi connectivity index (χ0v) is 12.9. The van der Waals surface area contributed by atoms with Crippen LogP contribution in [-0.4, -0.2) is 24.2 Å². The van der Waals surface area contributed by atoms with E-state index in [-0.39, 0.29) is 0 Å². The van der Waals surface area contributed by atoms with Crippen LogP contribution in [0.25, 0.3) is 0 Å². The largest absolute Gasteiger partial charge is 0.493 e. The van der Waals surface area contributed by atoms with Crippen molar-refractivity contribution < 1.29 is 9.94 Å². The third kappa shape index (κ3) is 4.11. The average Bonchev–Trinajstić information content (AvgIpc) is 2.90. The van der Waals surface area contributed by atoms with Crippen LogP contribution in [0.15, 0.2) is 21.8 Å². The molecule has 0 radical (unpaired) electrons. The number of hydrogen-bond donors (Lipinski definition) is 3. The summed E-state index contributed by atoms with van der Waals surface area (Å²) in [7, 11) is 0. The summed E-state index contributed by atoms with van der Waals surface area (Å²) in [4.78, 5) is 0. The fourth-order valence-corrected chi connectivity index (χ4v) is 2.86. The predicted octanol–water partition coefficient (Wildman–Crippen LogP) is 2.39. The number of halogens is 1. The summed E-state index contributed by atoms with van der Waals surface area (Å²) in [6.07, 6.45) is 3.53. The SMILES string of the molecule is N/C(CCCCNCc1cc(Br)cc2c1OCC2)=N/O. The minimum Gasteiger partial charge on any atom is -0.493 e. The number of ether oxygens (including phenoxy) is 1. The Morgan fingerprint density at radius 1 is 1.45 bits per heavy atom.